The molecule has 0 nitrogen and oxygen atoms in total. The minimum absolute atomic E-state index is 0.579. The van der Waals surface area contributed by atoms with Gasteiger partial charge in [0, 0.05) is 11.5 Å². The summed E-state index contributed by atoms with van der Waals surface area (Å²) in [7, 11) is 0. The quantitative estimate of drug-likeness (QED) is 0.437. The summed E-state index contributed by atoms with van der Waals surface area (Å²) in [6.07, 6.45) is 4.71. The summed E-state index contributed by atoms with van der Waals surface area (Å²) < 4.78 is 0. The molecule has 0 saturated heterocycles. The van der Waals surface area contributed by atoms with Crippen molar-refractivity contribution in [2.24, 2.45) is 5.92 Å². The largest absolute Gasteiger partial charge is 0.0999 e. The third kappa shape index (κ3) is 2.99. The second-order valence-electron chi connectivity index (χ2n) is 4.16. The van der Waals surface area contributed by atoms with Crippen molar-refractivity contribution in [3.63, 3.8) is 0 Å². The molecule has 0 unspecified atom stereocenters. The Morgan fingerprint density at radius 3 is 2.40 bits per heavy atom. The summed E-state index contributed by atoms with van der Waals surface area (Å²) >= 11 is 0. The third-order valence-electron chi connectivity index (χ3n) is 2.89. The zero-order valence-electron chi connectivity index (χ0n) is 9.00. The molecular weight excluding hydrogens is 180 g/mol. The average molecular weight is 196 g/mol. The van der Waals surface area contributed by atoms with Gasteiger partial charge in [0.05, 0.1) is 0 Å². The molecule has 76 valence electrons. The maximum absolute atomic E-state index is 4.02. The van der Waals surface area contributed by atoms with E-state index in [1.54, 1.807) is 0 Å². The van der Waals surface area contributed by atoms with Crippen molar-refractivity contribution in [3.05, 3.63) is 48.0 Å². The van der Waals surface area contributed by atoms with Crippen molar-refractivity contribution in [3.8, 4) is 11.8 Å². The SMILES string of the molecule is C=C1CCC(C#Cc2ccccc2)CC1. The molecule has 0 aliphatic heterocycles. The van der Waals surface area contributed by atoms with Gasteiger partial charge >= 0.3 is 0 Å². The van der Waals surface area contributed by atoms with Gasteiger partial charge in [-0.15, -0.1) is 0 Å². The van der Waals surface area contributed by atoms with E-state index in [0.29, 0.717) is 5.92 Å². The first-order valence-electron chi connectivity index (χ1n) is 5.58. The first-order valence-corrected chi connectivity index (χ1v) is 5.58. The lowest BCUT2D eigenvalue weighted by atomic mass is 9.87. The summed E-state index contributed by atoms with van der Waals surface area (Å²) in [4.78, 5) is 0. The van der Waals surface area contributed by atoms with E-state index in [0.717, 1.165) is 18.4 Å². The fourth-order valence-corrected chi connectivity index (χ4v) is 1.88. The fraction of sp³-hybridized carbons (Fsp3) is 0.333. The normalized spacial score (nSPS) is 16.9. The zero-order chi connectivity index (χ0) is 10.5. The summed E-state index contributed by atoms with van der Waals surface area (Å²) in [5, 5.41) is 0. The molecule has 1 aliphatic rings. The molecule has 15 heavy (non-hydrogen) atoms. The van der Waals surface area contributed by atoms with E-state index in [4.69, 9.17) is 0 Å². The lowest BCUT2D eigenvalue weighted by molar-refractivity contribution is 0.503. The summed E-state index contributed by atoms with van der Waals surface area (Å²) in [5.41, 5.74) is 2.52. The molecule has 0 heterocycles. The molecule has 0 atom stereocenters. The molecule has 0 spiro atoms. The van der Waals surface area contributed by atoms with Gasteiger partial charge in [0.1, 0.15) is 0 Å². The lowest BCUT2D eigenvalue weighted by Gasteiger charge is -2.18. The Morgan fingerprint density at radius 1 is 1.07 bits per heavy atom. The summed E-state index contributed by atoms with van der Waals surface area (Å²) in [6, 6.07) is 10.2. The summed E-state index contributed by atoms with van der Waals surface area (Å²) in [5.74, 6) is 7.20. The van der Waals surface area contributed by atoms with E-state index in [9.17, 15) is 0 Å². The van der Waals surface area contributed by atoms with Gasteiger partial charge in [-0.1, -0.05) is 42.2 Å². The fourth-order valence-electron chi connectivity index (χ4n) is 1.88. The molecular formula is C15H16. The Morgan fingerprint density at radius 2 is 1.73 bits per heavy atom. The summed E-state index contributed by atoms with van der Waals surface area (Å²) in [6.45, 7) is 4.02. The zero-order valence-corrected chi connectivity index (χ0v) is 9.00. The van der Waals surface area contributed by atoms with Crippen molar-refractivity contribution in [1.29, 1.82) is 0 Å². The highest BCUT2D eigenvalue weighted by atomic mass is 14.2. The number of hydrogen-bond acceptors (Lipinski definition) is 0. The highest BCUT2D eigenvalue weighted by molar-refractivity contribution is 5.34. The first kappa shape index (κ1) is 10.1. The van der Waals surface area contributed by atoms with Gasteiger partial charge in [-0.05, 0) is 37.8 Å². The van der Waals surface area contributed by atoms with Crippen LogP contribution in [0.2, 0.25) is 0 Å². The minimum atomic E-state index is 0.579. The standard InChI is InChI=1S/C15H16/c1-13-7-9-15(10-8-13)12-11-14-5-3-2-4-6-14/h2-6,15H,1,7-10H2. The third-order valence-corrected chi connectivity index (χ3v) is 2.89. The maximum Gasteiger partial charge on any atom is 0.0245 e. The van der Waals surface area contributed by atoms with Crippen molar-refractivity contribution < 1.29 is 0 Å². The maximum atomic E-state index is 4.02. The highest BCUT2D eigenvalue weighted by Crippen LogP contribution is 2.26. The van der Waals surface area contributed by atoms with Crippen LogP contribution in [0.3, 0.4) is 0 Å². The van der Waals surface area contributed by atoms with E-state index >= 15 is 0 Å². The molecule has 0 N–H and O–H groups in total. The average Bonchev–Trinajstić information content (AvgIpc) is 2.30. The van der Waals surface area contributed by atoms with Crippen LogP contribution in [0.5, 0.6) is 0 Å². The van der Waals surface area contributed by atoms with Crippen LogP contribution in [0, 0.1) is 17.8 Å². The Hall–Kier alpha value is -1.48. The number of benzene rings is 1. The van der Waals surface area contributed by atoms with E-state index in [-0.39, 0.29) is 0 Å². The second kappa shape index (κ2) is 4.84. The number of hydrogen-bond donors (Lipinski definition) is 0. The Labute approximate surface area is 92.0 Å². The molecule has 1 saturated carbocycles. The molecule has 0 radical (unpaired) electrons. The van der Waals surface area contributed by atoms with Crippen LogP contribution >= 0.6 is 0 Å². The topological polar surface area (TPSA) is 0 Å². The van der Waals surface area contributed by atoms with E-state index in [1.807, 2.05) is 18.2 Å². The van der Waals surface area contributed by atoms with Gasteiger partial charge in [0.15, 0.2) is 0 Å². The Balaban J connectivity index is 1.97. The minimum Gasteiger partial charge on any atom is -0.0999 e. The molecule has 1 aromatic carbocycles. The first-order chi connectivity index (χ1) is 7.34. The van der Waals surface area contributed by atoms with Crippen molar-refractivity contribution >= 4 is 0 Å². The van der Waals surface area contributed by atoms with Crippen LogP contribution in [0.15, 0.2) is 42.5 Å². The molecule has 0 amide bonds. The predicted molar refractivity (Wildman–Crippen MR) is 64.4 cm³/mol. The highest BCUT2D eigenvalue weighted by Gasteiger charge is 2.12. The van der Waals surface area contributed by atoms with Gasteiger partial charge in [0.25, 0.3) is 0 Å². The van der Waals surface area contributed by atoms with Crippen LogP contribution in [0.1, 0.15) is 31.2 Å². The van der Waals surface area contributed by atoms with E-state index in [2.05, 4.69) is 30.6 Å². The molecule has 1 aliphatic carbocycles. The number of rotatable bonds is 0. The van der Waals surface area contributed by atoms with Crippen LogP contribution < -0.4 is 0 Å². The van der Waals surface area contributed by atoms with Gasteiger partial charge in [-0.3, -0.25) is 0 Å². The van der Waals surface area contributed by atoms with E-state index < -0.39 is 0 Å². The van der Waals surface area contributed by atoms with Gasteiger partial charge in [0.2, 0.25) is 0 Å². The van der Waals surface area contributed by atoms with Crippen molar-refractivity contribution in [2.45, 2.75) is 25.7 Å². The van der Waals surface area contributed by atoms with Crippen molar-refractivity contribution in [1.82, 2.24) is 0 Å². The van der Waals surface area contributed by atoms with E-state index in [1.165, 1.54) is 18.4 Å². The van der Waals surface area contributed by atoms with Crippen LogP contribution in [-0.4, -0.2) is 0 Å². The lowest BCUT2D eigenvalue weighted by Crippen LogP contribution is -2.05. The predicted octanol–water partition coefficient (Wildman–Crippen LogP) is 3.78. The molecule has 1 aromatic rings. The number of allylic oxidation sites excluding steroid dienone is 1. The van der Waals surface area contributed by atoms with Gasteiger partial charge in [-0.2, -0.15) is 0 Å². The Bertz CT molecular complexity index is 379. The van der Waals surface area contributed by atoms with Crippen molar-refractivity contribution in [2.75, 3.05) is 0 Å². The van der Waals surface area contributed by atoms with Crippen LogP contribution in [0.4, 0.5) is 0 Å². The molecule has 0 aromatic heterocycles. The van der Waals surface area contributed by atoms with Crippen LogP contribution in [0.25, 0.3) is 0 Å². The van der Waals surface area contributed by atoms with Gasteiger partial charge < -0.3 is 0 Å². The molecule has 0 heteroatoms. The molecule has 1 fully saturated rings. The molecule has 0 bridgehead atoms. The second-order valence-corrected chi connectivity index (χ2v) is 4.16. The Kier molecular flexibility index (Phi) is 3.25. The smallest absolute Gasteiger partial charge is 0.0245 e. The van der Waals surface area contributed by atoms with Crippen LogP contribution in [-0.2, 0) is 0 Å². The molecule has 2 rings (SSSR count). The monoisotopic (exact) mass is 196 g/mol. The van der Waals surface area contributed by atoms with Gasteiger partial charge in [-0.25, -0.2) is 0 Å².